The predicted molar refractivity (Wildman–Crippen MR) is 50.6 cm³/mol. The van der Waals surface area contributed by atoms with Crippen LogP contribution in [0.1, 0.15) is 25.7 Å². The van der Waals surface area contributed by atoms with Crippen molar-refractivity contribution in [1.82, 2.24) is 0 Å². The maximum atomic E-state index is 12.6. The number of rotatable bonds is 1. The third-order valence-electron chi connectivity index (χ3n) is 3.31. The van der Waals surface area contributed by atoms with Gasteiger partial charge in [-0.15, -0.1) is 0 Å². The molecule has 0 aromatic heterocycles. The van der Waals surface area contributed by atoms with Gasteiger partial charge in [-0.25, -0.2) is 0 Å². The van der Waals surface area contributed by atoms with Crippen LogP contribution in [0.4, 0.5) is 13.2 Å². The normalized spacial score (nSPS) is 40.5. The van der Waals surface area contributed by atoms with Gasteiger partial charge in [-0.2, -0.15) is 13.2 Å². The van der Waals surface area contributed by atoms with Gasteiger partial charge in [0.15, 0.2) is 5.79 Å². The standard InChI is InChI=1S/C10H16F3NO2/c11-10(12,13)7-2-1-3-9(4-7)15-6-8(5-14)16-9/h7-8H,1-6,14H2. The van der Waals surface area contributed by atoms with E-state index < -0.39 is 17.9 Å². The van der Waals surface area contributed by atoms with E-state index in [2.05, 4.69) is 0 Å². The van der Waals surface area contributed by atoms with E-state index in [1.807, 2.05) is 0 Å². The van der Waals surface area contributed by atoms with Crippen molar-refractivity contribution >= 4 is 0 Å². The Morgan fingerprint density at radius 1 is 1.38 bits per heavy atom. The lowest BCUT2D eigenvalue weighted by Gasteiger charge is -2.37. The Hall–Kier alpha value is -0.330. The number of ether oxygens (including phenoxy) is 2. The number of halogens is 3. The lowest BCUT2D eigenvalue weighted by molar-refractivity contribution is -0.247. The Morgan fingerprint density at radius 2 is 2.12 bits per heavy atom. The van der Waals surface area contributed by atoms with Crippen molar-refractivity contribution in [3.8, 4) is 0 Å². The summed E-state index contributed by atoms with van der Waals surface area (Å²) in [6.45, 7) is 0.597. The molecule has 94 valence electrons. The van der Waals surface area contributed by atoms with Crippen LogP contribution < -0.4 is 5.73 Å². The molecule has 3 atom stereocenters. The van der Waals surface area contributed by atoms with Crippen LogP contribution in [0, 0.1) is 5.92 Å². The summed E-state index contributed by atoms with van der Waals surface area (Å²) in [6.07, 6.45) is -3.30. The van der Waals surface area contributed by atoms with Crippen molar-refractivity contribution < 1.29 is 22.6 Å². The first kappa shape index (κ1) is 12.1. The zero-order chi connectivity index (χ0) is 11.8. The quantitative estimate of drug-likeness (QED) is 0.759. The van der Waals surface area contributed by atoms with Gasteiger partial charge in [0.1, 0.15) is 0 Å². The van der Waals surface area contributed by atoms with Crippen LogP contribution in [0.25, 0.3) is 0 Å². The lowest BCUT2D eigenvalue weighted by atomic mass is 9.84. The number of hydrogen-bond donors (Lipinski definition) is 1. The van der Waals surface area contributed by atoms with E-state index in [1.165, 1.54) is 0 Å². The summed E-state index contributed by atoms with van der Waals surface area (Å²) in [5.41, 5.74) is 5.42. The molecule has 1 heterocycles. The van der Waals surface area contributed by atoms with E-state index in [0.717, 1.165) is 0 Å². The van der Waals surface area contributed by atoms with Gasteiger partial charge in [-0.05, 0) is 12.8 Å². The Kier molecular flexibility index (Phi) is 3.16. The van der Waals surface area contributed by atoms with Gasteiger partial charge in [0.2, 0.25) is 0 Å². The largest absolute Gasteiger partial charge is 0.392 e. The molecule has 3 nitrogen and oxygen atoms in total. The molecule has 0 radical (unpaired) electrons. The molecule has 2 aliphatic rings. The number of nitrogens with two attached hydrogens (primary N) is 1. The van der Waals surface area contributed by atoms with E-state index in [4.69, 9.17) is 15.2 Å². The van der Waals surface area contributed by atoms with E-state index in [0.29, 0.717) is 26.0 Å². The number of hydrogen-bond acceptors (Lipinski definition) is 3. The summed E-state index contributed by atoms with van der Waals surface area (Å²) in [5.74, 6) is -2.33. The van der Waals surface area contributed by atoms with Crippen LogP contribution in [0.3, 0.4) is 0 Å². The van der Waals surface area contributed by atoms with Crippen molar-refractivity contribution in [2.75, 3.05) is 13.2 Å². The minimum absolute atomic E-state index is 0.0903. The van der Waals surface area contributed by atoms with Crippen molar-refractivity contribution in [2.24, 2.45) is 11.7 Å². The molecule has 2 rings (SSSR count). The minimum atomic E-state index is -4.15. The summed E-state index contributed by atoms with van der Waals surface area (Å²) in [7, 11) is 0. The van der Waals surface area contributed by atoms with E-state index in [1.54, 1.807) is 0 Å². The van der Waals surface area contributed by atoms with Gasteiger partial charge in [0.25, 0.3) is 0 Å². The highest BCUT2D eigenvalue weighted by molar-refractivity contribution is 4.88. The molecule has 1 spiro atoms. The molecule has 16 heavy (non-hydrogen) atoms. The van der Waals surface area contributed by atoms with E-state index in [-0.39, 0.29) is 18.9 Å². The lowest BCUT2D eigenvalue weighted by Crippen LogP contribution is -2.42. The molecule has 3 unspecified atom stereocenters. The molecular formula is C10H16F3NO2. The highest BCUT2D eigenvalue weighted by atomic mass is 19.4. The summed E-state index contributed by atoms with van der Waals surface area (Å²) >= 11 is 0. The van der Waals surface area contributed by atoms with Gasteiger partial charge in [-0.1, -0.05) is 0 Å². The maximum absolute atomic E-state index is 12.6. The van der Waals surface area contributed by atoms with Crippen molar-refractivity contribution in [3.63, 3.8) is 0 Å². The van der Waals surface area contributed by atoms with Crippen LogP contribution in [-0.2, 0) is 9.47 Å². The monoisotopic (exact) mass is 239 g/mol. The highest BCUT2D eigenvalue weighted by Gasteiger charge is 2.51. The summed E-state index contributed by atoms with van der Waals surface area (Å²) in [4.78, 5) is 0. The predicted octanol–water partition coefficient (Wildman–Crippen LogP) is 1.81. The average molecular weight is 239 g/mol. The third kappa shape index (κ3) is 2.33. The second-order valence-electron chi connectivity index (χ2n) is 4.53. The summed E-state index contributed by atoms with van der Waals surface area (Å²) < 4.78 is 48.8. The van der Waals surface area contributed by atoms with Crippen LogP contribution in [0.5, 0.6) is 0 Å². The van der Waals surface area contributed by atoms with Gasteiger partial charge >= 0.3 is 6.18 Å². The Balaban J connectivity index is 2.02. The van der Waals surface area contributed by atoms with Gasteiger partial charge < -0.3 is 15.2 Å². The molecule has 2 fully saturated rings. The highest BCUT2D eigenvalue weighted by Crippen LogP contribution is 2.45. The molecule has 0 aromatic rings. The average Bonchev–Trinajstić information content (AvgIpc) is 2.60. The fourth-order valence-electron chi connectivity index (χ4n) is 2.45. The van der Waals surface area contributed by atoms with Gasteiger partial charge in [0, 0.05) is 19.4 Å². The second kappa shape index (κ2) is 4.16. The first-order chi connectivity index (χ1) is 7.45. The SMILES string of the molecule is NCC1COC2(CCCC(C(F)(F)F)C2)O1. The first-order valence-electron chi connectivity index (χ1n) is 5.54. The smallest absolute Gasteiger partial charge is 0.347 e. The fourth-order valence-corrected chi connectivity index (χ4v) is 2.45. The Labute approximate surface area is 92.1 Å². The summed E-state index contributed by atoms with van der Waals surface area (Å²) in [5, 5.41) is 0. The molecule has 1 aliphatic heterocycles. The molecule has 1 saturated heterocycles. The zero-order valence-electron chi connectivity index (χ0n) is 8.93. The van der Waals surface area contributed by atoms with Crippen LogP contribution in [0.2, 0.25) is 0 Å². The minimum Gasteiger partial charge on any atom is -0.347 e. The molecule has 0 amide bonds. The molecule has 1 saturated carbocycles. The van der Waals surface area contributed by atoms with Crippen LogP contribution >= 0.6 is 0 Å². The molecule has 2 N–H and O–H groups in total. The zero-order valence-corrected chi connectivity index (χ0v) is 8.93. The fraction of sp³-hybridized carbons (Fsp3) is 1.00. The van der Waals surface area contributed by atoms with Gasteiger partial charge in [0.05, 0.1) is 18.6 Å². The molecule has 0 bridgehead atoms. The maximum Gasteiger partial charge on any atom is 0.392 e. The second-order valence-corrected chi connectivity index (χ2v) is 4.53. The van der Waals surface area contributed by atoms with Crippen LogP contribution in [0.15, 0.2) is 0 Å². The third-order valence-corrected chi connectivity index (χ3v) is 3.31. The molecule has 0 aromatic carbocycles. The first-order valence-corrected chi connectivity index (χ1v) is 5.54. The van der Waals surface area contributed by atoms with Crippen LogP contribution in [-0.4, -0.2) is 31.2 Å². The Morgan fingerprint density at radius 3 is 2.69 bits per heavy atom. The van der Waals surface area contributed by atoms with E-state index >= 15 is 0 Å². The van der Waals surface area contributed by atoms with Gasteiger partial charge in [-0.3, -0.25) is 0 Å². The number of alkyl halides is 3. The van der Waals surface area contributed by atoms with E-state index in [9.17, 15) is 13.2 Å². The molecule has 6 heteroatoms. The molecular weight excluding hydrogens is 223 g/mol. The summed E-state index contributed by atoms with van der Waals surface area (Å²) in [6, 6.07) is 0. The van der Waals surface area contributed by atoms with Crippen molar-refractivity contribution in [1.29, 1.82) is 0 Å². The topological polar surface area (TPSA) is 44.5 Å². The van der Waals surface area contributed by atoms with Crippen molar-refractivity contribution in [2.45, 2.75) is 43.8 Å². The van der Waals surface area contributed by atoms with Crippen molar-refractivity contribution in [3.05, 3.63) is 0 Å². The molecule has 1 aliphatic carbocycles. The Bertz CT molecular complexity index is 259.